The number of esters is 1. The molecule has 1 fully saturated rings. The summed E-state index contributed by atoms with van der Waals surface area (Å²) in [6, 6.07) is 0. The minimum atomic E-state index is -0.524. The van der Waals surface area contributed by atoms with E-state index in [1.54, 1.807) is 0 Å². The van der Waals surface area contributed by atoms with Crippen LogP contribution in [0.3, 0.4) is 0 Å². The normalized spacial score (nSPS) is 30.0. The lowest BCUT2D eigenvalue weighted by atomic mass is 9.97. The molecule has 0 aliphatic carbocycles. The molecule has 0 amide bonds. The number of hydrogen-bond acceptors (Lipinski definition) is 3. The highest BCUT2D eigenvalue weighted by Crippen LogP contribution is 2.04. The largest absolute Gasteiger partial charge is 0.468 e. The topological polar surface area (TPSA) is 47.8 Å². The first kappa shape index (κ1) is 9.19. The van der Waals surface area contributed by atoms with Crippen LogP contribution in [0.2, 0.25) is 0 Å². The molecule has 0 radical (unpaired) electrons. The number of ether oxygens (including phenoxy) is 1. The fourth-order valence-corrected chi connectivity index (χ4v) is 1.43. The van der Waals surface area contributed by atoms with Gasteiger partial charge in [0.1, 0.15) is 0 Å². The molecule has 0 aromatic carbocycles. The number of carbonyl (C=O) groups excluding carboxylic acids is 2. The molecule has 0 aromatic heterocycles. The summed E-state index contributed by atoms with van der Waals surface area (Å²) in [5.41, 5.74) is 0. The SMILES string of the molecule is COC(=O)C1C[NH+](C)CCC1=O. The Morgan fingerprint density at radius 2 is 2.33 bits per heavy atom. The lowest BCUT2D eigenvalue weighted by Crippen LogP contribution is -3.11. The van der Waals surface area contributed by atoms with Crippen molar-refractivity contribution >= 4 is 11.8 Å². The summed E-state index contributed by atoms with van der Waals surface area (Å²) in [6.07, 6.45) is 0.492. The minimum absolute atomic E-state index is 0.0208. The predicted molar refractivity (Wildman–Crippen MR) is 41.8 cm³/mol. The Morgan fingerprint density at radius 1 is 1.67 bits per heavy atom. The second-order valence-corrected chi connectivity index (χ2v) is 3.20. The van der Waals surface area contributed by atoms with Crippen LogP contribution in [-0.2, 0) is 14.3 Å². The maximum absolute atomic E-state index is 11.2. The van der Waals surface area contributed by atoms with Crippen molar-refractivity contribution in [1.29, 1.82) is 0 Å². The molecule has 12 heavy (non-hydrogen) atoms. The molecular formula is C8H14NO3+. The van der Waals surface area contributed by atoms with Crippen LogP contribution in [0.1, 0.15) is 6.42 Å². The van der Waals surface area contributed by atoms with Crippen LogP contribution in [0.4, 0.5) is 0 Å². The lowest BCUT2D eigenvalue weighted by Gasteiger charge is -2.23. The summed E-state index contributed by atoms with van der Waals surface area (Å²) in [6.45, 7) is 1.40. The van der Waals surface area contributed by atoms with Crippen molar-refractivity contribution in [3.8, 4) is 0 Å². The van der Waals surface area contributed by atoms with Gasteiger partial charge in [-0.2, -0.15) is 0 Å². The van der Waals surface area contributed by atoms with Crippen LogP contribution in [0, 0.1) is 5.92 Å². The molecule has 2 atom stereocenters. The van der Waals surface area contributed by atoms with Gasteiger partial charge < -0.3 is 9.64 Å². The number of quaternary nitrogens is 1. The number of hydrogen-bond donors (Lipinski definition) is 1. The van der Waals surface area contributed by atoms with Gasteiger partial charge in [-0.15, -0.1) is 0 Å². The quantitative estimate of drug-likeness (QED) is 0.377. The van der Waals surface area contributed by atoms with E-state index in [1.807, 2.05) is 7.05 Å². The number of likely N-dealkylation sites (tertiary alicyclic amines) is 1. The zero-order valence-corrected chi connectivity index (χ0v) is 7.42. The molecular weight excluding hydrogens is 158 g/mol. The summed E-state index contributed by atoms with van der Waals surface area (Å²) < 4.78 is 4.54. The van der Waals surface area contributed by atoms with Crippen LogP contribution < -0.4 is 4.90 Å². The van der Waals surface area contributed by atoms with Crippen molar-refractivity contribution in [2.24, 2.45) is 5.92 Å². The number of rotatable bonds is 1. The van der Waals surface area contributed by atoms with E-state index >= 15 is 0 Å². The van der Waals surface area contributed by atoms with Crippen LogP contribution in [0.5, 0.6) is 0 Å². The van der Waals surface area contributed by atoms with Crippen molar-refractivity contribution < 1.29 is 19.2 Å². The van der Waals surface area contributed by atoms with Crippen LogP contribution in [0.15, 0.2) is 0 Å². The van der Waals surface area contributed by atoms with E-state index in [1.165, 1.54) is 12.0 Å². The molecule has 4 nitrogen and oxygen atoms in total. The fraction of sp³-hybridized carbons (Fsp3) is 0.750. The molecule has 1 heterocycles. The van der Waals surface area contributed by atoms with Gasteiger partial charge in [-0.3, -0.25) is 9.59 Å². The van der Waals surface area contributed by atoms with Crippen LogP contribution in [-0.4, -0.2) is 39.0 Å². The van der Waals surface area contributed by atoms with E-state index in [0.29, 0.717) is 13.0 Å². The Hall–Kier alpha value is -0.900. The average molecular weight is 172 g/mol. The van der Waals surface area contributed by atoms with Gasteiger partial charge in [0.05, 0.1) is 33.7 Å². The van der Waals surface area contributed by atoms with Gasteiger partial charge in [-0.25, -0.2) is 0 Å². The third kappa shape index (κ3) is 1.82. The molecule has 1 saturated heterocycles. The molecule has 0 spiro atoms. The Kier molecular flexibility index (Phi) is 2.81. The van der Waals surface area contributed by atoms with E-state index in [2.05, 4.69) is 4.74 Å². The van der Waals surface area contributed by atoms with Crippen LogP contribution in [0.25, 0.3) is 0 Å². The maximum Gasteiger partial charge on any atom is 0.322 e. The van der Waals surface area contributed by atoms with Crippen molar-refractivity contribution in [3.05, 3.63) is 0 Å². The summed E-state index contributed by atoms with van der Waals surface area (Å²) in [4.78, 5) is 23.5. The van der Waals surface area contributed by atoms with Crippen molar-refractivity contribution in [1.82, 2.24) is 0 Å². The molecule has 1 N–H and O–H groups in total. The molecule has 0 saturated carbocycles. The summed E-state index contributed by atoms with van der Waals surface area (Å²) >= 11 is 0. The number of nitrogens with one attached hydrogen (secondary N) is 1. The molecule has 68 valence electrons. The summed E-state index contributed by atoms with van der Waals surface area (Å²) in [5, 5.41) is 0. The molecule has 1 aliphatic rings. The molecule has 0 aromatic rings. The van der Waals surface area contributed by atoms with Gasteiger partial charge in [0.15, 0.2) is 11.7 Å². The molecule has 0 bridgehead atoms. The molecule has 4 heteroatoms. The Bertz CT molecular complexity index is 194. The Morgan fingerprint density at radius 3 is 2.92 bits per heavy atom. The van der Waals surface area contributed by atoms with Gasteiger partial charge in [-0.05, 0) is 0 Å². The number of ketones is 1. The predicted octanol–water partition coefficient (Wildman–Crippen LogP) is -1.74. The third-order valence-electron chi connectivity index (χ3n) is 2.23. The molecule has 1 aliphatic heterocycles. The van der Waals surface area contributed by atoms with E-state index in [9.17, 15) is 9.59 Å². The van der Waals surface area contributed by atoms with E-state index in [4.69, 9.17) is 0 Å². The zero-order chi connectivity index (χ0) is 9.14. The van der Waals surface area contributed by atoms with Gasteiger partial charge in [0.2, 0.25) is 0 Å². The highest BCUT2D eigenvalue weighted by Gasteiger charge is 2.34. The van der Waals surface area contributed by atoms with E-state index in [-0.39, 0.29) is 11.8 Å². The Labute approximate surface area is 71.5 Å². The monoisotopic (exact) mass is 172 g/mol. The highest BCUT2D eigenvalue weighted by molar-refractivity contribution is 5.99. The third-order valence-corrected chi connectivity index (χ3v) is 2.23. The minimum Gasteiger partial charge on any atom is -0.468 e. The first-order chi connectivity index (χ1) is 5.65. The zero-order valence-electron chi connectivity index (χ0n) is 7.42. The van der Waals surface area contributed by atoms with Crippen molar-refractivity contribution in [3.63, 3.8) is 0 Å². The number of carbonyl (C=O) groups is 2. The van der Waals surface area contributed by atoms with Crippen molar-refractivity contribution in [2.75, 3.05) is 27.2 Å². The standard InChI is InChI=1S/C8H13NO3/c1-9-4-3-7(10)6(5-9)8(11)12-2/h6H,3-5H2,1-2H3/p+1. The molecule has 2 unspecified atom stereocenters. The maximum atomic E-state index is 11.2. The van der Waals surface area contributed by atoms with Gasteiger partial charge in [0.25, 0.3) is 0 Å². The van der Waals surface area contributed by atoms with E-state index < -0.39 is 5.92 Å². The first-order valence-corrected chi connectivity index (χ1v) is 4.07. The van der Waals surface area contributed by atoms with Gasteiger partial charge >= 0.3 is 5.97 Å². The smallest absolute Gasteiger partial charge is 0.322 e. The van der Waals surface area contributed by atoms with E-state index in [0.717, 1.165) is 6.54 Å². The average Bonchev–Trinajstić information content (AvgIpc) is 2.08. The second-order valence-electron chi connectivity index (χ2n) is 3.20. The highest BCUT2D eigenvalue weighted by atomic mass is 16.5. The lowest BCUT2D eigenvalue weighted by molar-refractivity contribution is -0.883. The van der Waals surface area contributed by atoms with Gasteiger partial charge in [0, 0.05) is 0 Å². The first-order valence-electron chi connectivity index (χ1n) is 4.07. The summed E-state index contributed by atoms with van der Waals surface area (Å²) in [7, 11) is 3.29. The second kappa shape index (κ2) is 3.67. The fourth-order valence-electron chi connectivity index (χ4n) is 1.43. The Balaban J connectivity index is 2.60. The van der Waals surface area contributed by atoms with Gasteiger partial charge in [-0.1, -0.05) is 0 Å². The summed E-state index contributed by atoms with van der Waals surface area (Å²) in [5.74, 6) is -0.893. The molecule has 1 rings (SSSR count). The number of piperidine rings is 1. The number of Topliss-reactive ketones (excluding diaryl/α,β-unsaturated/α-hetero) is 1. The number of methoxy groups -OCH3 is 1. The van der Waals surface area contributed by atoms with Crippen LogP contribution >= 0.6 is 0 Å². The van der Waals surface area contributed by atoms with Crippen molar-refractivity contribution in [2.45, 2.75) is 6.42 Å².